The highest BCUT2D eigenvalue weighted by Crippen LogP contribution is 2.34. The van der Waals surface area contributed by atoms with Crippen molar-refractivity contribution >= 4 is 44.0 Å². The third-order valence-corrected chi connectivity index (χ3v) is 6.21. The number of fused-ring (bicyclic) bond motifs is 1. The Bertz CT molecular complexity index is 1190. The molecule has 5 rings (SSSR count). The average molecular weight is 437 g/mol. The lowest BCUT2D eigenvalue weighted by Gasteiger charge is -2.36. The fourth-order valence-corrected chi connectivity index (χ4v) is 4.54. The molecule has 2 aromatic carbocycles. The van der Waals surface area contributed by atoms with Crippen molar-refractivity contribution < 1.29 is 9.13 Å². The summed E-state index contributed by atoms with van der Waals surface area (Å²) in [4.78, 5) is 17.9. The molecule has 2 aromatic heterocycles. The van der Waals surface area contributed by atoms with Crippen LogP contribution in [-0.2, 0) is 0 Å². The first-order valence-electron chi connectivity index (χ1n) is 9.98. The predicted octanol–water partition coefficient (Wildman–Crippen LogP) is 4.30. The Morgan fingerprint density at radius 3 is 2.55 bits per heavy atom. The Morgan fingerprint density at radius 2 is 1.77 bits per heavy atom. The zero-order valence-corrected chi connectivity index (χ0v) is 17.8. The molecule has 1 aliphatic rings. The van der Waals surface area contributed by atoms with Crippen molar-refractivity contribution in [2.24, 2.45) is 0 Å². The molecule has 31 heavy (non-hydrogen) atoms. The fraction of sp³-hybridized carbons (Fsp3) is 0.227. The van der Waals surface area contributed by atoms with Gasteiger partial charge in [0.1, 0.15) is 11.6 Å². The quantitative estimate of drug-likeness (QED) is 0.500. The molecule has 0 bridgehead atoms. The van der Waals surface area contributed by atoms with Gasteiger partial charge in [-0.25, -0.2) is 19.3 Å². The van der Waals surface area contributed by atoms with Crippen molar-refractivity contribution in [2.75, 3.05) is 48.4 Å². The van der Waals surface area contributed by atoms with Crippen LogP contribution in [0.2, 0.25) is 0 Å². The first-order valence-corrected chi connectivity index (χ1v) is 10.8. The van der Waals surface area contributed by atoms with E-state index in [1.54, 1.807) is 25.6 Å². The van der Waals surface area contributed by atoms with Crippen molar-refractivity contribution in [1.29, 1.82) is 0 Å². The summed E-state index contributed by atoms with van der Waals surface area (Å²) < 4.78 is 20.0. The highest BCUT2D eigenvalue weighted by atomic mass is 32.1. The minimum absolute atomic E-state index is 0.327. The van der Waals surface area contributed by atoms with Crippen molar-refractivity contribution in [2.45, 2.75) is 0 Å². The molecule has 0 saturated carbocycles. The summed E-state index contributed by atoms with van der Waals surface area (Å²) in [5.74, 6) is 1.02. The highest BCUT2D eigenvalue weighted by molar-refractivity contribution is 7.22. The maximum Gasteiger partial charge on any atom is 0.225 e. The van der Waals surface area contributed by atoms with Crippen molar-refractivity contribution in [3.63, 3.8) is 0 Å². The summed E-state index contributed by atoms with van der Waals surface area (Å²) in [5, 5.41) is 3.88. The summed E-state index contributed by atoms with van der Waals surface area (Å²) in [6.07, 6.45) is 3.55. The van der Waals surface area contributed by atoms with Gasteiger partial charge >= 0.3 is 0 Å². The molecule has 1 fully saturated rings. The summed E-state index contributed by atoms with van der Waals surface area (Å²) >= 11 is 1.53. The Balaban J connectivity index is 1.32. The Hall–Kier alpha value is -3.46. The van der Waals surface area contributed by atoms with Gasteiger partial charge in [0.15, 0.2) is 5.13 Å². The van der Waals surface area contributed by atoms with Gasteiger partial charge in [0.25, 0.3) is 0 Å². The largest absolute Gasteiger partial charge is 0.495 e. The van der Waals surface area contributed by atoms with E-state index in [0.29, 0.717) is 16.6 Å². The molecule has 1 saturated heterocycles. The van der Waals surface area contributed by atoms with E-state index < -0.39 is 0 Å². The first kappa shape index (κ1) is 19.5. The molecular weight excluding hydrogens is 415 g/mol. The van der Waals surface area contributed by atoms with E-state index >= 15 is 0 Å². The van der Waals surface area contributed by atoms with Crippen LogP contribution >= 0.6 is 11.3 Å². The number of piperazine rings is 1. The molecule has 9 heteroatoms. The van der Waals surface area contributed by atoms with Gasteiger partial charge in [-0.3, -0.25) is 0 Å². The maximum absolute atomic E-state index is 13.7. The number of nitrogens with zero attached hydrogens (tertiary/aromatic N) is 5. The molecule has 158 valence electrons. The number of rotatable bonds is 5. The van der Waals surface area contributed by atoms with E-state index in [0.717, 1.165) is 48.0 Å². The number of ether oxygens (including phenoxy) is 1. The van der Waals surface area contributed by atoms with Gasteiger partial charge in [0, 0.05) is 50.3 Å². The van der Waals surface area contributed by atoms with Gasteiger partial charge in [0.05, 0.1) is 23.0 Å². The van der Waals surface area contributed by atoms with Crippen LogP contribution in [0.25, 0.3) is 10.2 Å². The summed E-state index contributed by atoms with van der Waals surface area (Å²) in [6.45, 7) is 3.51. The molecule has 1 N–H and O–H groups in total. The number of hydrogen-bond donors (Lipinski definition) is 1. The summed E-state index contributed by atoms with van der Waals surface area (Å²) in [7, 11) is 1.56. The van der Waals surface area contributed by atoms with E-state index in [-0.39, 0.29) is 5.82 Å². The second kappa shape index (κ2) is 8.35. The number of nitrogens with one attached hydrogen (secondary N) is 1. The molecule has 0 aliphatic carbocycles. The van der Waals surface area contributed by atoms with Crippen molar-refractivity contribution in [3.05, 3.63) is 60.7 Å². The third kappa shape index (κ3) is 4.09. The van der Waals surface area contributed by atoms with E-state index in [4.69, 9.17) is 9.72 Å². The minimum Gasteiger partial charge on any atom is -0.495 e. The zero-order chi connectivity index (χ0) is 21.2. The molecule has 0 atom stereocenters. The lowest BCUT2D eigenvalue weighted by atomic mass is 10.2. The van der Waals surface area contributed by atoms with Crippen LogP contribution in [0.4, 0.5) is 26.8 Å². The topological polar surface area (TPSA) is 66.4 Å². The molecule has 0 amide bonds. The number of methoxy groups -OCH3 is 1. The van der Waals surface area contributed by atoms with Crippen LogP contribution in [0.5, 0.6) is 5.75 Å². The van der Waals surface area contributed by atoms with Crippen LogP contribution in [0.1, 0.15) is 0 Å². The standard InChI is InChI=1S/C22H21FN6OS/c1-30-19-5-3-15(23)13-17(19)26-22-27-18-14-16(4-6-20(18)31-22)28-9-11-29(12-10-28)21-24-7-2-8-25-21/h2-8,13-14H,9-12H2,1H3,(H,26,27). The number of hydrogen-bond acceptors (Lipinski definition) is 8. The van der Waals surface area contributed by atoms with Gasteiger partial charge in [-0.1, -0.05) is 11.3 Å². The monoisotopic (exact) mass is 436 g/mol. The smallest absolute Gasteiger partial charge is 0.225 e. The average Bonchev–Trinajstić information content (AvgIpc) is 3.21. The van der Waals surface area contributed by atoms with E-state index in [2.05, 4.69) is 43.3 Å². The number of anilines is 4. The maximum atomic E-state index is 13.7. The van der Waals surface area contributed by atoms with Crippen LogP contribution < -0.4 is 19.9 Å². The molecule has 0 spiro atoms. The molecule has 3 heterocycles. The second-order valence-corrected chi connectivity index (χ2v) is 8.19. The SMILES string of the molecule is COc1ccc(F)cc1Nc1nc2cc(N3CCN(c4ncccn4)CC3)ccc2s1. The molecule has 7 nitrogen and oxygen atoms in total. The van der Waals surface area contributed by atoms with Crippen molar-refractivity contribution in [3.8, 4) is 5.75 Å². The number of thiazole rings is 1. The fourth-order valence-electron chi connectivity index (χ4n) is 3.68. The van der Waals surface area contributed by atoms with Gasteiger partial charge in [-0.05, 0) is 36.4 Å². The zero-order valence-electron chi connectivity index (χ0n) is 17.0. The van der Waals surface area contributed by atoms with Crippen LogP contribution in [0.3, 0.4) is 0 Å². The van der Waals surface area contributed by atoms with E-state index in [1.165, 1.54) is 23.5 Å². The molecular formula is C22H21FN6OS. The number of halogens is 1. The summed E-state index contributed by atoms with van der Waals surface area (Å²) in [5.41, 5.74) is 2.61. The van der Waals surface area contributed by atoms with E-state index in [1.807, 2.05) is 6.07 Å². The lowest BCUT2D eigenvalue weighted by Crippen LogP contribution is -2.47. The van der Waals surface area contributed by atoms with E-state index in [9.17, 15) is 4.39 Å². The normalized spacial score (nSPS) is 14.1. The van der Waals surface area contributed by atoms with Crippen LogP contribution in [-0.4, -0.2) is 48.2 Å². The van der Waals surface area contributed by atoms with Crippen LogP contribution in [0, 0.1) is 5.82 Å². The molecule has 0 unspecified atom stereocenters. The minimum atomic E-state index is -0.327. The van der Waals surface area contributed by atoms with Crippen molar-refractivity contribution in [1.82, 2.24) is 15.0 Å². The Morgan fingerprint density at radius 1 is 1.00 bits per heavy atom. The highest BCUT2D eigenvalue weighted by Gasteiger charge is 2.19. The number of benzene rings is 2. The Kier molecular flexibility index (Phi) is 5.25. The van der Waals surface area contributed by atoms with Gasteiger partial charge in [0.2, 0.25) is 5.95 Å². The molecule has 4 aromatic rings. The first-order chi connectivity index (χ1) is 15.2. The van der Waals surface area contributed by atoms with Gasteiger partial charge < -0.3 is 19.9 Å². The number of aromatic nitrogens is 3. The van der Waals surface area contributed by atoms with Gasteiger partial charge in [-0.15, -0.1) is 0 Å². The second-order valence-electron chi connectivity index (χ2n) is 7.16. The predicted molar refractivity (Wildman–Crippen MR) is 122 cm³/mol. The molecule has 1 aliphatic heterocycles. The summed E-state index contributed by atoms with van der Waals surface area (Å²) in [6, 6.07) is 12.5. The third-order valence-electron chi connectivity index (χ3n) is 5.25. The van der Waals surface area contributed by atoms with Gasteiger partial charge in [-0.2, -0.15) is 0 Å². The Labute approximate surface area is 183 Å². The lowest BCUT2D eigenvalue weighted by molar-refractivity contribution is 0.416. The van der Waals surface area contributed by atoms with Crippen LogP contribution in [0.15, 0.2) is 54.9 Å². The molecule has 0 radical (unpaired) electrons.